The van der Waals surface area contributed by atoms with Crippen molar-refractivity contribution in [2.45, 2.75) is 13.3 Å². The van der Waals surface area contributed by atoms with Crippen LogP contribution >= 0.6 is 0 Å². The Labute approximate surface area is 101 Å². The third kappa shape index (κ3) is 2.03. The largest absolute Gasteiger partial charge is 0.359 e. The van der Waals surface area contributed by atoms with Crippen molar-refractivity contribution in [3.05, 3.63) is 48.9 Å². The molecule has 0 amide bonds. The van der Waals surface area contributed by atoms with E-state index in [4.69, 9.17) is 0 Å². The van der Waals surface area contributed by atoms with Gasteiger partial charge in [0.2, 0.25) is 0 Å². The number of anilines is 1. The third-order valence-electron chi connectivity index (χ3n) is 3.50. The zero-order chi connectivity index (χ0) is 11.8. The fourth-order valence-electron chi connectivity index (χ4n) is 2.25. The van der Waals surface area contributed by atoms with E-state index < -0.39 is 0 Å². The van der Waals surface area contributed by atoms with Crippen molar-refractivity contribution in [3.63, 3.8) is 0 Å². The van der Waals surface area contributed by atoms with Crippen LogP contribution in [0, 0.1) is 11.8 Å². The number of fused-ring (bicyclic) bond motifs is 1. The Bertz CT molecular complexity index is 574. The molecule has 2 heteroatoms. The standard InChI is InChI=1S/C15H16N2/c1-10-7-15(10)11(2)17-14-4-3-13-9-16-6-5-12(13)8-14/h3-6,8-10,15,17H,2,7H2,1H3. The number of allylic oxidation sites excluding steroid dienone is 1. The van der Waals surface area contributed by atoms with Crippen molar-refractivity contribution in [1.82, 2.24) is 4.98 Å². The first kappa shape index (κ1) is 10.3. The molecular weight excluding hydrogens is 208 g/mol. The number of hydrogen-bond acceptors (Lipinski definition) is 2. The molecule has 17 heavy (non-hydrogen) atoms. The lowest BCUT2D eigenvalue weighted by Crippen LogP contribution is -2.00. The van der Waals surface area contributed by atoms with Gasteiger partial charge in [0.15, 0.2) is 0 Å². The minimum atomic E-state index is 0.656. The topological polar surface area (TPSA) is 24.9 Å². The van der Waals surface area contributed by atoms with E-state index in [2.05, 4.69) is 42.0 Å². The molecule has 86 valence electrons. The zero-order valence-corrected chi connectivity index (χ0v) is 9.98. The highest BCUT2D eigenvalue weighted by molar-refractivity contribution is 5.85. The molecule has 2 aromatic rings. The van der Waals surface area contributed by atoms with Crippen LogP contribution in [0.3, 0.4) is 0 Å². The Hall–Kier alpha value is -1.83. The Morgan fingerprint density at radius 1 is 1.35 bits per heavy atom. The van der Waals surface area contributed by atoms with Crippen LogP contribution in [-0.4, -0.2) is 4.98 Å². The van der Waals surface area contributed by atoms with Crippen LogP contribution in [0.15, 0.2) is 48.9 Å². The highest BCUT2D eigenvalue weighted by Crippen LogP contribution is 2.43. The number of nitrogens with zero attached hydrogens (tertiary/aromatic N) is 1. The first-order valence-corrected chi connectivity index (χ1v) is 6.03. The van der Waals surface area contributed by atoms with E-state index in [0.29, 0.717) is 5.92 Å². The number of pyridine rings is 1. The average Bonchev–Trinajstić information content (AvgIpc) is 3.06. The van der Waals surface area contributed by atoms with Gasteiger partial charge in [0.1, 0.15) is 0 Å². The monoisotopic (exact) mass is 224 g/mol. The van der Waals surface area contributed by atoms with Gasteiger partial charge in [-0.1, -0.05) is 19.6 Å². The number of aromatic nitrogens is 1. The first-order valence-electron chi connectivity index (χ1n) is 6.03. The Morgan fingerprint density at radius 2 is 2.18 bits per heavy atom. The minimum Gasteiger partial charge on any atom is -0.359 e. The lowest BCUT2D eigenvalue weighted by atomic mass is 10.1. The zero-order valence-electron chi connectivity index (χ0n) is 9.98. The molecule has 1 fully saturated rings. The van der Waals surface area contributed by atoms with Gasteiger partial charge in [0.05, 0.1) is 0 Å². The van der Waals surface area contributed by atoms with E-state index in [1.165, 1.54) is 17.2 Å². The highest BCUT2D eigenvalue weighted by atomic mass is 14.9. The normalized spacial score (nSPS) is 22.4. The minimum absolute atomic E-state index is 0.656. The molecular formula is C15H16N2. The van der Waals surface area contributed by atoms with Crippen molar-refractivity contribution < 1.29 is 0 Å². The predicted molar refractivity (Wildman–Crippen MR) is 71.8 cm³/mol. The van der Waals surface area contributed by atoms with Crippen LogP contribution < -0.4 is 5.32 Å². The first-order chi connectivity index (χ1) is 8.24. The van der Waals surface area contributed by atoms with E-state index in [1.807, 2.05) is 18.5 Å². The van der Waals surface area contributed by atoms with E-state index in [0.717, 1.165) is 17.3 Å². The molecule has 1 heterocycles. The van der Waals surface area contributed by atoms with Gasteiger partial charge in [0.25, 0.3) is 0 Å². The Balaban J connectivity index is 1.83. The van der Waals surface area contributed by atoms with Crippen LogP contribution in [0.1, 0.15) is 13.3 Å². The number of nitrogens with one attached hydrogen (secondary N) is 1. The summed E-state index contributed by atoms with van der Waals surface area (Å²) in [6.45, 7) is 6.39. The lowest BCUT2D eigenvalue weighted by Gasteiger charge is -2.09. The summed E-state index contributed by atoms with van der Waals surface area (Å²) < 4.78 is 0. The summed E-state index contributed by atoms with van der Waals surface area (Å²) in [4.78, 5) is 4.11. The van der Waals surface area contributed by atoms with Crippen molar-refractivity contribution >= 4 is 16.5 Å². The number of rotatable bonds is 3. The van der Waals surface area contributed by atoms with E-state index >= 15 is 0 Å². The lowest BCUT2D eigenvalue weighted by molar-refractivity contribution is 0.863. The van der Waals surface area contributed by atoms with E-state index in [1.54, 1.807) is 0 Å². The summed E-state index contributed by atoms with van der Waals surface area (Å²) in [6, 6.07) is 8.36. The van der Waals surface area contributed by atoms with Crippen LogP contribution in [0.2, 0.25) is 0 Å². The van der Waals surface area contributed by atoms with Crippen molar-refractivity contribution in [2.75, 3.05) is 5.32 Å². The van der Waals surface area contributed by atoms with E-state index in [-0.39, 0.29) is 0 Å². The summed E-state index contributed by atoms with van der Waals surface area (Å²) >= 11 is 0. The van der Waals surface area contributed by atoms with Gasteiger partial charge in [-0.05, 0) is 35.9 Å². The molecule has 0 radical (unpaired) electrons. The van der Waals surface area contributed by atoms with Crippen LogP contribution in [-0.2, 0) is 0 Å². The van der Waals surface area contributed by atoms with Gasteiger partial charge in [-0.2, -0.15) is 0 Å². The van der Waals surface area contributed by atoms with E-state index in [9.17, 15) is 0 Å². The fourth-order valence-corrected chi connectivity index (χ4v) is 2.25. The molecule has 2 atom stereocenters. The number of benzene rings is 1. The Kier molecular flexibility index (Phi) is 2.36. The van der Waals surface area contributed by atoms with Gasteiger partial charge in [0, 0.05) is 35.1 Å². The van der Waals surface area contributed by atoms with Crippen molar-refractivity contribution in [2.24, 2.45) is 11.8 Å². The molecule has 1 saturated carbocycles. The van der Waals surface area contributed by atoms with Gasteiger partial charge in [-0.15, -0.1) is 0 Å². The third-order valence-corrected chi connectivity index (χ3v) is 3.50. The van der Waals surface area contributed by atoms with Gasteiger partial charge in [-0.25, -0.2) is 0 Å². The van der Waals surface area contributed by atoms with Crippen molar-refractivity contribution in [3.8, 4) is 0 Å². The SMILES string of the molecule is C=C(Nc1ccc2cnccc2c1)C1CC1C. The second-order valence-electron chi connectivity index (χ2n) is 4.91. The molecule has 0 spiro atoms. The summed E-state index contributed by atoms with van der Waals surface area (Å²) in [7, 11) is 0. The molecule has 0 aliphatic heterocycles. The fraction of sp³-hybridized carbons (Fsp3) is 0.267. The maximum atomic E-state index is 4.12. The maximum Gasteiger partial charge on any atom is 0.0388 e. The molecule has 2 nitrogen and oxygen atoms in total. The summed E-state index contributed by atoms with van der Waals surface area (Å²) in [5.74, 6) is 1.45. The molecule has 0 bridgehead atoms. The number of hydrogen-bond donors (Lipinski definition) is 1. The second-order valence-corrected chi connectivity index (χ2v) is 4.91. The summed E-state index contributed by atoms with van der Waals surface area (Å²) in [5.41, 5.74) is 2.26. The van der Waals surface area contributed by atoms with Gasteiger partial charge in [-0.3, -0.25) is 4.98 Å². The molecule has 2 unspecified atom stereocenters. The molecule has 0 saturated heterocycles. The van der Waals surface area contributed by atoms with Crippen molar-refractivity contribution in [1.29, 1.82) is 0 Å². The molecule has 1 aromatic heterocycles. The van der Waals surface area contributed by atoms with Crippen LogP contribution in [0.4, 0.5) is 5.69 Å². The molecule has 1 aliphatic carbocycles. The van der Waals surface area contributed by atoms with Crippen LogP contribution in [0.25, 0.3) is 10.8 Å². The summed E-state index contributed by atoms with van der Waals surface area (Å²) in [6.07, 6.45) is 4.98. The van der Waals surface area contributed by atoms with Gasteiger partial charge < -0.3 is 5.32 Å². The molecule has 1 aromatic carbocycles. The smallest absolute Gasteiger partial charge is 0.0388 e. The second kappa shape index (κ2) is 3.88. The molecule has 3 rings (SSSR count). The maximum absolute atomic E-state index is 4.12. The predicted octanol–water partition coefficient (Wildman–Crippen LogP) is 3.82. The quantitative estimate of drug-likeness (QED) is 0.857. The van der Waals surface area contributed by atoms with Gasteiger partial charge >= 0.3 is 0 Å². The Morgan fingerprint density at radius 3 is 2.94 bits per heavy atom. The average molecular weight is 224 g/mol. The molecule has 1 N–H and O–H groups in total. The van der Waals surface area contributed by atoms with Crippen LogP contribution in [0.5, 0.6) is 0 Å². The molecule has 1 aliphatic rings. The highest BCUT2D eigenvalue weighted by Gasteiger charge is 2.34. The summed E-state index contributed by atoms with van der Waals surface area (Å²) in [5, 5.41) is 5.79.